The normalized spacial score (nSPS) is 10.5. The maximum Gasteiger partial charge on any atom is 0.157 e. The molecule has 2 N–H and O–H groups in total. The van der Waals surface area contributed by atoms with E-state index in [1.54, 1.807) is 18.4 Å². The van der Waals surface area contributed by atoms with Gasteiger partial charge in [0, 0.05) is 12.6 Å². The molecule has 6 nitrogen and oxygen atoms in total. The van der Waals surface area contributed by atoms with E-state index in [1.165, 1.54) is 6.33 Å². The zero-order chi connectivity index (χ0) is 15.4. The highest BCUT2D eigenvalue weighted by Crippen LogP contribution is 2.27. The third-order valence-corrected chi connectivity index (χ3v) is 4.20. The molecule has 0 unspecified atom stereocenters. The van der Waals surface area contributed by atoms with Crippen LogP contribution in [0.15, 0.2) is 36.7 Å². The summed E-state index contributed by atoms with van der Waals surface area (Å²) in [4.78, 5) is 8.11. The summed E-state index contributed by atoms with van der Waals surface area (Å²) in [6.45, 7) is 0.520. The number of nitrogens with zero attached hydrogens (tertiary/aromatic N) is 4. The Bertz CT molecular complexity index is 761. The van der Waals surface area contributed by atoms with E-state index in [0.29, 0.717) is 23.2 Å². The Labute approximate surface area is 136 Å². The van der Waals surface area contributed by atoms with E-state index >= 15 is 0 Å². The zero-order valence-electron chi connectivity index (χ0n) is 11.7. The summed E-state index contributed by atoms with van der Waals surface area (Å²) in [6.07, 6.45) is 1.42. The Hall–Kier alpha value is -2.25. The Balaban J connectivity index is 1.73. The first-order valence-corrected chi connectivity index (χ1v) is 7.77. The summed E-state index contributed by atoms with van der Waals surface area (Å²) in [6, 6.07) is 9.97. The van der Waals surface area contributed by atoms with Crippen LogP contribution >= 0.6 is 22.9 Å². The van der Waals surface area contributed by atoms with Gasteiger partial charge in [0.1, 0.15) is 22.0 Å². The van der Waals surface area contributed by atoms with Gasteiger partial charge < -0.3 is 10.6 Å². The average Bonchev–Trinajstić information content (AvgIpc) is 3.03. The van der Waals surface area contributed by atoms with Gasteiger partial charge in [0.05, 0.1) is 6.54 Å². The number of nitrogens with one attached hydrogen (secondary N) is 2. The van der Waals surface area contributed by atoms with Crippen LogP contribution in [0.1, 0.15) is 5.01 Å². The van der Waals surface area contributed by atoms with Crippen molar-refractivity contribution >= 4 is 34.4 Å². The summed E-state index contributed by atoms with van der Waals surface area (Å²) in [5, 5.41) is 16.7. The van der Waals surface area contributed by atoms with Crippen LogP contribution in [0.2, 0.25) is 5.15 Å². The third kappa shape index (κ3) is 3.15. The molecule has 0 atom stereocenters. The summed E-state index contributed by atoms with van der Waals surface area (Å²) in [5.41, 5.74) is 1.73. The molecule has 22 heavy (non-hydrogen) atoms. The fourth-order valence-electron chi connectivity index (χ4n) is 1.90. The standard InChI is InChI=1S/C14H13ClN6S/c1-16-11-12(15)18-8-19-13(11)17-7-10-20-21-14(22-10)9-5-3-2-4-6-9/h2-6,8,16H,7H2,1H3,(H,17,18,19). The Morgan fingerprint density at radius 2 is 1.95 bits per heavy atom. The Morgan fingerprint density at radius 3 is 2.73 bits per heavy atom. The van der Waals surface area contributed by atoms with Crippen molar-refractivity contribution in [2.24, 2.45) is 0 Å². The second kappa shape index (κ2) is 6.67. The van der Waals surface area contributed by atoms with Crippen LogP contribution in [0.5, 0.6) is 0 Å². The smallest absolute Gasteiger partial charge is 0.157 e. The summed E-state index contributed by atoms with van der Waals surface area (Å²) in [5.74, 6) is 0.638. The van der Waals surface area contributed by atoms with Crippen LogP contribution < -0.4 is 10.6 Å². The van der Waals surface area contributed by atoms with Gasteiger partial charge in [-0.25, -0.2) is 9.97 Å². The van der Waals surface area contributed by atoms with Gasteiger partial charge in [-0.15, -0.1) is 10.2 Å². The van der Waals surface area contributed by atoms with Crippen molar-refractivity contribution in [2.45, 2.75) is 6.54 Å². The van der Waals surface area contributed by atoms with E-state index in [0.717, 1.165) is 15.6 Å². The van der Waals surface area contributed by atoms with E-state index in [9.17, 15) is 0 Å². The molecule has 3 rings (SSSR count). The molecule has 0 saturated heterocycles. The number of aromatic nitrogens is 4. The quantitative estimate of drug-likeness (QED) is 0.698. The SMILES string of the molecule is CNc1c(Cl)ncnc1NCc1nnc(-c2ccccc2)s1. The number of rotatable bonds is 5. The molecule has 2 heterocycles. The van der Waals surface area contributed by atoms with Gasteiger partial charge in [0.25, 0.3) is 0 Å². The second-order valence-corrected chi connectivity index (χ2v) is 5.78. The fraction of sp³-hybridized carbons (Fsp3) is 0.143. The van der Waals surface area contributed by atoms with Crippen LogP contribution in [0.4, 0.5) is 11.5 Å². The van der Waals surface area contributed by atoms with Gasteiger partial charge >= 0.3 is 0 Å². The lowest BCUT2D eigenvalue weighted by atomic mass is 10.2. The van der Waals surface area contributed by atoms with E-state index in [4.69, 9.17) is 11.6 Å². The molecule has 8 heteroatoms. The lowest BCUT2D eigenvalue weighted by Gasteiger charge is -2.09. The highest BCUT2D eigenvalue weighted by molar-refractivity contribution is 7.14. The minimum absolute atomic E-state index is 0.377. The zero-order valence-corrected chi connectivity index (χ0v) is 13.3. The topological polar surface area (TPSA) is 75.6 Å². The van der Waals surface area contributed by atoms with Crippen molar-refractivity contribution in [2.75, 3.05) is 17.7 Å². The van der Waals surface area contributed by atoms with Gasteiger partial charge in [-0.2, -0.15) is 0 Å². The lowest BCUT2D eigenvalue weighted by Crippen LogP contribution is -2.05. The van der Waals surface area contributed by atoms with Gasteiger partial charge in [-0.1, -0.05) is 53.3 Å². The van der Waals surface area contributed by atoms with E-state index < -0.39 is 0 Å². The molecule has 0 aliphatic rings. The molecular weight excluding hydrogens is 320 g/mol. The number of halogens is 1. The van der Waals surface area contributed by atoms with Crippen molar-refractivity contribution in [3.8, 4) is 10.6 Å². The first-order valence-electron chi connectivity index (χ1n) is 6.58. The third-order valence-electron chi connectivity index (χ3n) is 2.95. The van der Waals surface area contributed by atoms with Gasteiger partial charge in [0.15, 0.2) is 11.0 Å². The van der Waals surface area contributed by atoms with Crippen LogP contribution in [0.3, 0.4) is 0 Å². The van der Waals surface area contributed by atoms with Gasteiger partial charge in [-0.05, 0) is 0 Å². The van der Waals surface area contributed by atoms with Crippen LogP contribution in [-0.2, 0) is 6.54 Å². The molecule has 0 radical (unpaired) electrons. The molecule has 112 valence electrons. The first-order chi connectivity index (χ1) is 10.8. The van der Waals surface area contributed by atoms with Crippen molar-refractivity contribution in [1.82, 2.24) is 20.2 Å². The molecule has 0 aliphatic carbocycles. The largest absolute Gasteiger partial charge is 0.383 e. The van der Waals surface area contributed by atoms with Gasteiger partial charge in [0.2, 0.25) is 0 Å². The number of anilines is 2. The summed E-state index contributed by atoms with van der Waals surface area (Å²) >= 11 is 7.56. The molecule has 0 saturated carbocycles. The van der Waals surface area contributed by atoms with Crippen LogP contribution in [-0.4, -0.2) is 27.2 Å². The molecule has 0 amide bonds. The van der Waals surface area contributed by atoms with Crippen LogP contribution in [0.25, 0.3) is 10.6 Å². The molecular formula is C14H13ClN6S. The summed E-state index contributed by atoms with van der Waals surface area (Å²) in [7, 11) is 1.77. The first kappa shape index (κ1) is 14.7. The maximum absolute atomic E-state index is 6.02. The molecule has 0 bridgehead atoms. The average molecular weight is 333 g/mol. The van der Waals surface area contributed by atoms with E-state index in [1.807, 2.05) is 30.3 Å². The molecule has 0 aliphatic heterocycles. The fourth-order valence-corrected chi connectivity index (χ4v) is 2.91. The monoisotopic (exact) mass is 332 g/mol. The molecule has 0 fully saturated rings. The number of benzene rings is 1. The molecule has 3 aromatic rings. The minimum Gasteiger partial charge on any atom is -0.383 e. The highest BCUT2D eigenvalue weighted by Gasteiger charge is 2.10. The van der Waals surface area contributed by atoms with Crippen molar-refractivity contribution < 1.29 is 0 Å². The minimum atomic E-state index is 0.377. The van der Waals surface area contributed by atoms with E-state index in [-0.39, 0.29) is 0 Å². The maximum atomic E-state index is 6.02. The van der Waals surface area contributed by atoms with Crippen molar-refractivity contribution in [3.05, 3.63) is 46.8 Å². The number of hydrogen-bond donors (Lipinski definition) is 2. The summed E-state index contributed by atoms with van der Waals surface area (Å²) < 4.78 is 0. The van der Waals surface area contributed by atoms with Crippen molar-refractivity contribution in [3.63, 3.8) is 0 Å². The Kier molecular flexibility index (Phi) is 4.45. The second-order valence-electron chi connectivity index (χ2n) is 4.36. The number of hydrogen-bond acceptors (Lipinski definition) is 7. The predicted molar refractivity (Wildman–Crippen MR) is 89.3 cm³/mol. The van der Waals surface area contributed by atoms with Gasteiger partial charge in [-0.3, -0.25) is 0 Å². The Morgan fingerprint density at radius 1 is 1.14 bits per heavy atom. The molecule has 1 aromatic carbocycles. The van der Waals surface area contributed by atoms with Crippen molar-refractivity contribution in [1.29, 1.82) is 0 Å². The molecule has 2 aromatic heterocycles. The highest BCUT2D eigenvalue weighted by atomic mass is 35.5. The van der Waals surface area contributed by atoms with E-state index in [2.05, 4.69) is 30.8 Å². The molecule has 0 spiro atoms. The predicted octanol–water partition coefficient (Wildman–Crippen LogP) is 3.30. The lowest BCUT2D eigenvalue weighted by molar-refractivity contribution is 0.982. The van der Waals surface area contributed by atoms with Crippen LogP contribution in [0, 0.1) is 0 Å².